The second-order valence-electron chi connectivity index (χ2n) is 7.87. The first-order chi connectivity index (χ1) is 17.0. The number of hydrogen-bond donors (Lipinski definition) is 2. The van der Waals surface area contributed by atoms with E-state index < -0.39 is 0 Å². The molecule has 0 unspecified atom stereocenters. The summed E-state index contributed by atoms with van der Waals surface area (Å²) < 4.78 is 5.28. The molecule has 0 saturated carbocycles. The SMILES string of the molecule is COc1ccc2nc(N=C(NC(=O)Cc3ccccc3)NC(=O)Cc3ccccc3)nc(C)c2c1. The lowest BCUT2D eigenvalue weighted by Gasteiger charge is -2.11. The number of benzene rings is 3. The second kappa shape index (κ2) is 11.0. The summed E-state index contributed by atoms with van der Waals surface area (Å²) in [6.45, 7) is 1.84. The van der Waals surface area contributed by atoms with Gasteiger partial charge in [0.15, 0.2) is 0 Å². The number of guanidine groups is 1. The summed E-state index contributed by atoms with van der Waals surface area (Å²) in [6.07, 6.45) is 0.262. The third-order valence-corrected chi connectivity index (χ3v) is 5.22. The van der Waals surface area contributed by atoms with E-state index in [1.165, 1.54) is 0 Å². The fourth-order valence-electron chi connectivity index (χ4n) is 3.52. The van der Waals surface area contributed by atoms with Gasteiger partial charge in [-0.25, -0.2) is 9.97 Å². The number of aromatic nitrogens is 2. The number of aryl methyl sites for hydroxylation is 1. The lowest BCUT2D eigenvalue weighted by atomic mass is 10.1. The van der Waals surface area contributed by atoms with Gasteiger partial charge in [0.05, 0.1) is 31.2 Å². The van der Waals surface area contributed by atoms with Crippen molar-refractivity contribution in [2.45, 2.75) is 19.8 Å². The molecular weight excluding hydrogens is 442 g/mol. The van der Waals surface area contributed by atoms with Crippen LogP contribution in [0, 0.1) is 6.92 Å². The standard InChI is InChI=1S/C27H25N5O3/c1-18-22-17-21(35-2)13-14-23(22)29-26(28-18)32-27(30-24(33)15-19-9-5-3-6-10-19)31-25(34)16-20-11-7-4-8-12-20/h3-14,17H,15-16H2,1-2H3,(H2,28,29,30,31,32,33,34). The minimum Gasteiger partial charge on any atom is -0.497 e. The highest BCUT2D eigenvalue weighted by atomic mass is 16.5. The van der Waals surface area contributed by atoms with Crippen molar-refractivity contribution in [3.63, 3.8) is 0 Å². The van der Waals surface area contributed by atoms with Gasteiger partial charge >= 0.3 is 0 Å². The average Bonchev–Trinajstić information content (AvgIpc) is 2.85. The van der Waals surface area contributed by atoms with E-state index in [1.54, 1.807) is 13.2 Å². The number of carbonyl (C=O) groups excluding carboxylic acids is 2. The third-order valence-electron chi connectivity index (χ3n) is 5.22. The average molecular weight is 468 g/mol. The number of hydrogen-bond acceptors (Lipinski definition) is 6. The van der Waals surface area contributed by atoms with Crippen molar-refractivity contribution >= 4 is 34.6 Å². The quantitative estimate of drug-likeness (QED) is 0.333. The topological polar surface area (TPSA) is 106 Å². The van der Waals surface area contributed by atoms with Crippen molar-refractivity contribution in [1.82, 2.24) is 20.6 Å². The number of carbonyl (C=O) groups is 2. The van der Waals surface area contributed by atoms with Gasteiger partial charge in [0.25, 0.3) is 5.95 Å². The molecule has 1 aromatic heterocycles. The Hall–Kier alpha value is -4.59. The lowest BCUT2D eigenvalue weighted by Crippen LogP contribution is -2.44. The van der Waals surface area contributed by atoms with Gasteiger partial charge in [0, 0.05) is 5.39 Å². The molecule has 176 valence electrons. The Morgan fingerprint density at radius 2 is 1.40 bits per heavy atom. The molecule has 8 heteroatoms. The molecule has 8 nitrogen and oxygen atoms in total. The largest absolute Gasteiger partial charge is 0.497 e. The Bertz CT molecular complexity index is 1310. The molecule has 0 aliphatic rings. The predicted molar refractivity (Wildman–Crippen MR) is 134 cm³/mol. The van der Waals surface area contributed by atoms with Crippen LogP contribution in [-0.4, -0.2) is 34.9 Å². The molecular formula is C27H25N5O3. The molecule has 0 radical (unpaired) electrons. The monoisotopic (exact) mass is 467 g/mol. The van der Waals surface area contributed by atoms with Crippen LogP contribution in [0.1, 0.15) is 16.8 Å². The van der Waals surface area contributed by atoms with Crippen LogP contribution in [0.2, 0.25) is 0 Å². The fourth-order valence-corrected chi connectivity index (χ4v) is 3.52. The first kappa shape index (κ1) is 23.6. The maximum atomic E-state index is 12.7. The van der Waals surface area contributed by atoms with Crippen LogP contribution in [0.15, 0.2) is 83.9 Å². The minimum absolute atomic E-state index is 0.0286. The summed E-state index contributed by atoms with van der Waals surface area (Å²) in [5, 5.41) is 6.22. The Morgan fingerprint density at radius 1 is 0.829 bits per heavy atom. The van der Waals surface area contributed by atoms with E-state index in [9.17, 15) is 9.59 Å². The highest BCUT2D eigenvalue weighted by Gasteiger charge is 2.13. The molecule has 0 saturated heterocycles. The number of aliphatic imine (C=N–C) groups is 1. The number of fused-ring (bicyclic) bond motifs is 1. The number of nitrogens with one attached hydrogen (secondary N) is 2. The first-order valence-corrected chi connectivity index (χ1v) is 11.1. The van der Waals surface area contributed by atoms with Crippen LogP contribution in [0.25, 0.3) is 10.9 Å². The van der Waals surface area contributed by atoms with Crippen LogP contribution >= 0.6 is 0 Å². The van der Waals surface area contributed by atoms with Crippen molar-refractivity contribution in [1.29, 1.82) is 0 Å². The Labute approximate surface area is 203 Å². The van der Waals surface area contributed by atoms with Gasteiger partial charge < -0.3 is 4.74 Å². The first-order valence-electron chi connectivity index (χ1n) is 11.1. The van der Waals surface area contributed by atoms with E-state index in [0.717, 1.165) is 16.5 Å². The Kier molecular flexibility index (Phi) is 7.42. The van der Waals surface area contributed by atoms with Crippen LogP contribution in [0.3, 0.4) is 0 Å². The molecule has 3 aromatic carbocycles. The van der Waals surface area contributed by atoms with Crippen LogP contribution in [-0.2, 0) is 22.4 Å². The maximum Gasteiger partial charge on any atom is 0.253 e. The summed E-state index contributed by atoms with van der Waals surface area (Å²) in [5.74, 6) is 0.145. The van der Waals surface area contributed by atoms with Crippen molar-refractivity contribution in [3.05, 3.63) is 95.7 Å². The van der Waals surface area contributed by atoms with Crippen molar-refractivity contribution in [3.8, 4) is 5.75 Å². The highest BCUT2D eigenvalue weighted by molar-refractivity contribution is 6.06. The van der Waals surface area contributed by atoms with E-state index >= 15 is 0 Å². The van der Waals surface area contributed by atoms with Gasteiger partial charge in [-0.3, -0.25) is 20.2 Å². The Balaban J connectivity index is 1.60. The predicted octanol–water partition coefficient (Wildman–Crippen LogP) is 3.65. The molecule has 1 heterocycles. The summed E-state index contributed by atoms with van der Waals surface area (Å²) in [6, 6.07) is 24.1. The number of ether oxygens (including phenoxy) is 1. The third kappa shape index (κ3) is 6.48. The van der Waals surface area contributed by atoms with Gasteiger partial charge in [0.1, 0.15) is 5.75 Å². The molecule has 0 fully saturated rings. The van der Waals surface area contributed by atoms with Gasteiger partial charge in [0.2, 0.25) is 17.8 Å². The smallest absolute Gasteiger partial charge is 0.253 e. The zero-order valence-corrected chi connectivity index (χ0v) is 19.5. The molecule has 2 amide bonds. The second-order valence-corrected chi connectivity index (χ2v) is 7.87. The number of amides is 2. The van der Waals surface area contributed by atoms with E-state index in [-0.39, 0.29) is 36.6 Å². The molecule has 35 heavy (non-hydrogen) atoms. The summed E-state index contributed by atoms with van der Waals surface area (Å²) in [4.78, 5) is 38.7. The molecule has 0 aliphatic carbocycles. The number of nitrogens with zero attached hydrogens (tertiary/aromatic N) is 3. The number of methoxy groups -OCH3 is 1. The van der Waals surface area contributed by atoms with Gasteiger partial charge in [-0.15, -0.1) is 0 Å². The fraction of sp³-hybridized carbons (Fsp3) is 0.148. The molecule has 0 spiro atoms. The maximum absolute atomic E-state index is 12.7. The molecule has 2 N–H and O–H groups in total. The van der Waals surface area contributed by atoms with Gasteiger partial charge in [-0.1, -0.05) is 60.7 Å². The molecule has 0 bridgehead atoms. The minimum atomic E-state index is -0.322. The summed E-state index contributed by atoms with van der Waals surface area (Å²) >= 11 is 0. The van der Waals surface area contributed by atoms with E-state index in [4.69, 9.17) is 4.74 Å². The molecule has 4 aromatic rings. The zero-order chi connectivity index (χ0) is 24.6. The van der Waals surface area contributed by atoms with E-state index in [2.05, 4.69) is 25.6 Å². The van der Waals surface area contributed by atoms with Crippen LogP contribution < -0.4 is 15.4 Å². The summed E-state index contributed by atoms with van der Waals surface area (Å²) in [5.41, 5.74) is 3.04. The van der Waals surface area contributed by atoms with Crippen molar-refractivity contribution in [2.75, 3.05) is 7.11 Å². The normalized spacial score (nSPS) is 10.5. The van der Waals surface area contributed by atoms with Gasteiger partial charge in [-0.2, -0.15) is 4.99 Å². The van der Waals surface area contributed by atoms with Crippen molar-refractivity contribution < 1.29 is 14.3 Å². The van der Waals surface area contributed by atoms with Crippen LogP contribution in [0.4, 0.5) is 5.95 Å². The summed E-state index contributed by atoms with van der Waals surface area (Å²) in [7, 11) is 1.60. The van der Waals surface area contributed by atoms with E-state index in [0.29, 0.717) is 17.0 Å². The Morgan fingerprint density at radius 3 is 1.94 bits per heavy atom. The highest BCUT2D eigenvalue weighted by Crippen LogP contribution is 2.23. The number of rotatable bonds is 6. The van der Waals surface area contributed by atoms with Crippen LogP contribution in [0.5, 0.6) is 5.75 Å². The van der Waals surface area contributed by atoms with Crippen molar-refractivity contribution in [2.24, 2.45) is 4.99 Å². The van der Waals surface area contributed by atoms with E-state index in [1.807, 2.05) is 79.7 Å². The lowest BCUT2D eigenvalue weighted by molar-refractivity contribution is -0.119. The van der Waals surface area contributed by atoms with Gasteiger partial charge in [-0.05, 0) is 36.2 Å². The molecule has 0 atom stereocenters. The zero-order valence-electron chi connectivity index (χ0n) is 19.5. The molecule has 4 rings (SSSR count). The molecule has 0 aliphatic heterocycles.